The fourth-order valence-electron chi connectivity index (χ4n) is 2.81. The summed E-state index contributed by atoms with van der Waals surface area (Å²) in [6, 6.07) is 4.44. The summed E-state index contributed by atoms with van der Waals surface area (Å²) >= 11 is 0. The van der Waals surface area contributed by atoms with Gasteiger partial charge in [0.05, 0.1) is 11.4 Å². The van der Waals surface area contributed by atoms with Gasteiger partial charge in [-0.25, -0.2) is 22.2 Å². The number of rotatable bonds is 5. The van der Waals surface area contributed by atoms with Crippen molar-refractivity contribution >= 4 is 28.9 Å². The van der Waals surface area contributed by atoms with Crippen molar-refractivity contribution < 1.29 is 0 Å². The Morgan fingerprint density at radius 1 is 0.964 bits per heavy atom. The number of aromatic nitrogens is 4. The molecule has 3 rings (SSSR count). The van der Waals surface area contributed by atoms with Crippen LogP contribution < -0.4 is 0 Å². The predicted octanol–water partition coefficient (Wildman–Crippen LogP) is 4.55. The summed E-state index contributed by atoms with van der Waals surface area (Å²) in [6.45, 7) is 16.4. The van der Waals surface area contributed by atoms with Crippen LogP contribution in [0.4, 0.5) is 0 Å². The van der Waals surface area contributed by atoms with Crippen molar-refractivity contribution in [3.05, 3.63) is 46.6 Å². The molecule has 0 aromatic carbocycles. The van der Waals surface area contributed by atoms with Gasteiger partial charge in [0.25, 0.3) is 0 Å². The second-order valence-electron chi connectivity index (χ2n) is 7.79. The van der Waals surface area contributed by atoms with Crippen molar-refractivity contribution in [3.8, 4) is 0 Å². The molecule has 150 valence electrons. The molecule has 2 heterocycles. The average Bonchev–Trinajstić information content (AvgIpc) is 3.32. The molecule has 0 aliphatic heterocycles. The zero-order chi connectivity index (χ0) is 20.1. The number of aryl methyl sites for hydroxylation is 4. The molecular weight excluding hydrogens is 361 g/mol. The smallest absolute Gasteiger partial charge is 0.463 e. The van der Waals surface area contributed by atoms with E-state index in [-0.39, 0.29) is 41.3 Å². The molecule has 1 aliphatic carbocycles. The molecule has 0 atom stereocenters. The quantitative estimate of drug-likeness (QED) is 0.323. The van der Waals surface area contributed by atoms with E-state index in [9.17, 15) is 0 Å². The van der Waals surface area contributed by atoms with Gasteiger partial charge in [0.1, 0.15) is 0 Å². The van der Waals surface area contributed by atoms with Gasteiger partial charge in [-0.2, -0.15) is 10.2 Å². The zero-order valence-corrected chi connectivity index (χ0v) is 20.2. The molecule has 0 radical (unpaired) electrons. The minimum absolute atomic E-state index is 0. The Labute approximate surface area is 186 Å². The molecular formula is C21H34MgN6. The van der Waals surface area contributed by atoms with E-state index in [4.69, 9.17) is 10.3 Å². The van der Waals surface area contributed by atoms with Crippen LogP contribution in [0.3, 0.4) is 0 Å². The van der Waals surface area contributed by atoms with Gasteiger partial charge in [-0.3, -0.25) is 0 Å². The van der Waals surface area contributed by atoms with E-state index in [0.717, 1.165) is 28.6 Å². The molecule has 0 amide bonds. The van der Waals surface area contributed by atoms with E-state index in [0.29, 0.717) is 0 Å². The Morgan fingerprint density at radius 2 is 1.39 bits per heavy atom. The van der Waals surface area contributed by atoms with Crippen LogP contribution in [0.5, 0.6) is 0 Å². The first-order valence-electron chi connectivity index (χ1n) is 9.84. The van der Waals surface area contributed by atoms with Crippen LogP contribution in [0.1, 0.15) is 69.5 Å². The predicted molar refractivity (Wildman–Crippen MR) is 118 cm³/mol. The molecule has 6 nitrogen and oxygen atoms in total. The third-order valence-electron chi connectivity index (χ3n) is 3.85. The summed E-state index contributed by atoms with van der Waals surface area (Å²) in [5.74, 6) is 0.761. The van der Waals surface area contributed by atoms with Crippen molar-refractivity contribution in [2.45, 2.75) is 86.5 Å². The molecule has 0 bridgehead atoms. The standard InChI is InChI=1S/C18H29N6.C3H5.Mg/c1-11(2)19-17(20-12(3)4)18(23-15(7)9-13(5)21-23)24-16(8)10-14(6)22-24;1-2-3-1;/h9-12,18H,1-8H3;1H,2-3H2;/q2*-1;+2. The number of nitrogens with zero attached hydrogens (tertiary/aromatic N) is 6. The maximum Gasteiger partial charge on any atom is 2.00 e. The van der Waals surface area contributed by atoms with Crippen LogP contribution in [0.25, 0.3) is 5.32 Å². The zero-order valence-electron chi connectivity index (χ0n) is 18.8. The monoisotopic (exact) mass is 394 g/mol. The van der Waals surface area contributed by atoms with Crippen molar-refractivity contribution in [1.82, 2.24) is 19.6 Å². The average molecular weight is 395 g/mol. The summed E-state index contributed by atoms with van der Waals surface area (Å²) in [5.41, 5.74) is 4.10. The molecule has 0 saturated heterocycles. The van der Waals surface area contributed by atoms with Crippen LogP contribution in [-0.2, 0) is 0 Å². The molecule has 28 heavy (non-hydrogen) atoms. The van der Waals surface area contributed by atoms with Crippen molar-refractivity contribution in [1.29, 1.82) is 0 Å². The maximum absolute atomic E-state index is 4.80. The molecule has 0 N–H and O–H groups in total. The normalized spacial score (nSPS) is 13.5. The summed E-state index contributed by atoms with van der Waals surface area (Å²) in [7, 11) is 0. The van der Waals surface area contributed by atoms with Gasteiger partial charge in [0, 0.05) is 11.4 Å². The second kappa shape index (κ2) is 11.0. The molecule has 0 unspecified atom stereocenters. The molecule has 1 saturated carbocycles. The molecule has 1 aliphatic rings. The number of aliphatic imine (C=N–C) groups is 1. The first-order valence-corrected chi connectivity index (χ1v) is 9.84. The number of amidine groups is 1. The van der Waals surface area contributed by atoms with Gasteiger partial charge < -0.3 is 16.7 Å². The summed E-state index contributed by atoms with van der Waals surface area (Å²) in [4.78, 5) is 4.80. The van der Waals surface area contributed by atoms with Gasteiger partial charge in [0.2, 0.25) is 0 Å². The number of hydrogen-bond donors (Lipinski definition) is 0. The molecule has 1 fully saturated rings. The van der Waals surface area contributed by atoms with E-state index in [2.05, 4.69) is 70.3 Å². The Balaban J connectivity index is 0.000000892. The Kier molecular flexibility index (Phi) is 9.70. The van der Waals surface area contributed by atoms with E-state index in [1.165, 1.54) is 12.8 Å². The summed E-state index contributed by atoms with van der Waals surface area (Å²) < 4.78 is 3.95. The van der Waals surface area contributed by atoms with E-state index < -0.39 is 0 Å². The van der Waals surface area contributed by atoms with Gasteiger partial charge in [0.15, 0.2) is 6.17 Å². The third-order valence-corrected chi connectivity index (χ3v) is 3.85. The van der Waals surface area contributed by atoms with Gasteiger partial charge in [-0.05, 0) is 57.7 Å². The van der Waals surface area contributed by atoms with Crippen LogP contribution in [0, 0.1) is 34.1 Å². The van der Waals surface area contributed by atoms with Gasteiger partial charge in [-0.1, -0.05) is 27.7 Å². The summed E-state index contributed by atoms with van der Waals surface area (Å²) in [6.07, 6.45) is 4.73. The van der Waals surface area contributed by atoms with E-state index in [1.54, 1.807) is 0 Å². The Bertz CT molecular complexity index is 721. The van der Waals surface area contributed by atoms with Crippen molar-refractivity contribution in [2.75, 3.05) is 0 Å². The van der Waals surface area contributed by atoms with E-state index >= 15 is 0 Å². The Morgan fingerprint density at radius 3 is 1.64 bits per heavy atom. The van der Waals surface area contributed by atoms with E-state index in [1.807, 2.05) is 23.2 Å². The van der Waals surface area contributed by atoms with Crippen LogP contribution in [0.2, 0.25) is 0 Å². The first kappa shape index (κ1) is 24.7. The topological polar surface area (TPSA) is 62.1 Å². The minimum atomic E-state index is -0.266. The minimum Gasteiger partial charge on any atom is -0.463 e. The fourth-order valence-corrected chi connectivity index (χ4v) is 2.81. The Hall–Kier alpha value is -1.34. The first-order chi connectivity index (χ1) is 12.7. The van der Waals surface area contributed by atoms with Crippen molar-refractivity contribution in [2.24, 2.45) is 4.99 Å². The van der Waals surface area contributed by atoms with Gasteiger partial charge >= 0.3 is 23.1 Å². The number of hydrogen-bond acceptors (Lipinski definition) is 3. The SMILES string of the molecule is Cc1cc(C)n(C(C(=NC(C)C)[N-]C(C)C)n2nc(C)cc2C)n1.[CH-]1CC1.[Mg+2]. The third kappa shape index (κ3) is 7.24. The van der Waals surface area contributed by atoms with Crippen LogP contribution in [-0.4, -0.2) is 60.5 Å². The molecule has 0 spiro atoms. The van der Waals surface area contributed by atoms with Crippen LogP contribution in [0.15, 0.2) is 17.1 Å². The largest absolute Gasteiger partial charge is 2.00 e. The summed E-state index contributed by atoms with van der Waals surface area (Å²) in [5, 5.41) is 14.2. The molecule has 7 heteroatoms. The molecule has 2 aromatic heterocycles. The second-order valence-corrected chi connectivity index (χ2v) is 7.79. The molecule has 2 aromatic rings. The fraction of sp³-hybridized carbons (Fsp3) is 0.619. The van der Waals surface area contributed by atoms with Gasteiger partial charge in [-0.15, -0.1) is 0 Å². The van der Waals surface area contributed by atoms with Crippen LogP contribution >= 0.6 is 0 Å². The van der Waals surface area contributed by atoms with Crippen molar-refractivity contribution in [3.63, 3.8) is 0 Å². The maximum atomic E-state index is 4.80.